The minimum absolute atomic E-state index is 0.00896. The van der Waals surface area contributed by atoms with Crippen LogP contribution in [0.15, 0.2) is 48.1 Å². The van der Waals surface area contributed by atoms with Gasteiger partial charge in [0.15, 0.2) is 5.03 Å². The molecule has 0 amide bonds. The molecule has 0 fully saturated rings. The van der Waals surface area contributed by atoms with Gasteiger partial charge in [-0.3, -0.25) is 4.72 Å². The molecule has 9 nitrogen and oxygen atoms in total. The lowest BCUT2D eigenvalue weighted by Gasteiger charge is -2.07. The number of hydrogen-bond donors (Lipinski definition) is 2. The van der Waals surface area contributed by atoms with Crippen LogP contribution >= 0.6 is 0 Å². The molecule has 0 atom stereocenters. The van der Waals surface area contributed by atoms with E-state index in [0.29, 0.717) is 11.4 Å². The van der Waals surface area contributed by atoms with Crippen LogP contribution in [0.2, 0.25) is 0 Å². The number of hydrogen-bond acceptors (Lipinski definition) is 6. The Balaban J connectivity index is 1.91. The fraction of sp³-hybridized carbons (Fsp3) is 0. The summed E-state index contributed by atoms with van der Waals surface area (Å²) in [5.41, 5.74) is 1.03. The molecule has 0 aliphatic rings. The number of imidazole rings is 1. The summed E-state index contributed by atoms with van der Waals surface area (Å²) < 4.78 is 27.9. The molecule has 0 bridgehead atoms. The molecule has 2 N–H and O–H groups in total. The first-order valence-electron chi connectivity index (χ1n) is 5.50. The molecule has 0 aliphatic carbocycles. The number of sulfonamides is 1. The van der Waals surface area contributed by atoms with Gasteiger partial charge in [0.2, 0.25) is 0 Å². The number of nitrogens with one attached hydrogen (secondary N) is 2. The van der Waals surface area contributed by atoms with Crippen molar-refractivity contribution < 1.29 is 8.42 Å². The van der Waals surface area contributed by atoms with Gasteiger partial charge < -0.3 is 4.98 Å². The second-order valence-corrected chi connectivity index (χ2v) is 5.48. The zero-order valence-electron chi connectivity index (χ0n) is 10.0. The Bertz CT molecular complexity index is 796. The van der Waals surface area contributed by atoms with Crippen molar-refractivity contribution in [2.24, 2.45) is 0 Å². The van der Waals surface area contributed by atoms with Crippen molar-refractivity contribution in [3.05, 3.63) is 43.1 Å². The Morgan fingerprint density at radius 1 is 1.30 bits per heavy atom. The van der Waals surface area contributed by atoms with Crippen molar-refractivity contribution in [3.8, 4) is 5.69 Å². The lowest BCUT2D eigenvalue weighted by molar-refractivity contribution is 0.598. The van der Waals surface area contributed by atoms with Gasteiger partial charge in [-0.05, 0) is 28.6 Å². The molecular formula is C10H9N7O2S. The molecule has 0 unspecified atom stereocenters. The van der Waals surface area contributed by atoms with Gasteiger partial charge in [0, 0.05) is 0 Å². The molecule has 1 aromatic carbocycles. The Kier molecular flexibility index (Phi) is 2.91. The van der Waals surface area contributed by atoms with Crippen molar-refractivity contribution in [1.82, 2.24) is 30.2 Å². The maximum atomic E-state index is 12.0. The highest BCUT2D eigenvalue weighted by molar-refractivity contribution is 7.92. The molecule has 0 radical (unpaired) electrons. The minimum atomic E-state index is -3.68. The normalized spacial score (nSPS) is 11.4. The lowest BCUT2D eigenvalue weighted by atomic mass is 10.3. The number of aromatic amines is 1. The van der Waals surface area contributed by atoms with Crippen molar-refractivity contribution in [3.63, 3.8) is 0 Å². The summed E-state index contributed by atoms with van der Waals surface area (Å²) in [6, 6.07) is 6.69. The maximum absolute atomic E-state index is 12.0. The number of anilines is 1. The average molecular weight is 291 g/mol. The van der Waals surface area contributed by atoms with Gasteiger partial charge in [0.05, 0.1) is 23.9 Å². The van der Waals surface area contributed by atoms with Crippen molar-refractivity contribution in [2.45, 2.75) is 5.03 Å². The number of nitrogens with zero attached hydrogens (tertiary/aromatic N) is 5. The van der Waals surface area contributed by atoms with E-state index < -0.39 is 10.0 Å². The zero-order valence-corrected chi connectivity index (χ0v) is 10.8. The molecule has 102 valence electrons. The first-order valence-corrected chi connectivity index (χ1v) is 6.98. The van der Waals surface area contributed by atoms with Gasteiger partial charge in [0.1, 0.15) is 6.33 Å². The molecule has 2 heterocycles. The standard InChI is InChI=1S/C10H9N7O2S/c18-20(19,10-5-11-6-12-10)14-8-2-1-3-9(4-8)17-7-13-15-16-17/h1-7,14H,(H,11,12). The highest BCUT2D eigenvalue weighted by Crippen LogP contribution is 2.17. The van der Waals surface area contributed by atoms with Gasteiger partial charge in [0.25, 0.3) is 10.0 Å². The molecule has 3 rings (SSSR count). The van der Waals surface area contributed by atoms with Crippen LogP contribution in [-0.4, -0.2) is 38.6 Å². The van der Waals surface area contributed by atoms with E-state index >= 15 is 0 Å². The highest BCUT2D eigenvalue weighted by Gasteiger charge is 2.15. The van der Waals surface area contributed by atoms with E-state index in [-0.39, 0.29) is 5.03 Å². The van der Waals surface area contributed by atoms with E-state index in [1.165, 1.54) is 23.5 Å². The summed E-state index contributed by atoms with van der Waals surface area (Å²) in [4.78, 5) is 6.22. The van der Waals surface area contributed by atoms with Crippen molar-refractivity contribution in [1.29, 1.82) is 0 Å². The quantitative estimate of drug-likeness (QED) is 0.708. The smallest absolute Gasteiger partial charge is 0.278 e. The van der Waals surface area contributed by atoms with Gasteiger partial charge in [-0.25, -0.2) is 9.67 Å². The van der Waals surface area contributed by atoms with E-state index in [4.69, 9.17) is 0 Å². The number of benzene rings is 1. The first kappa shape index (κ1) is 12.3. The SMILES string of the molecule is O=S(=O)(Nc1cccc(-n2cnnn2)c1)c1cnc[nH]1. The zero-order chi connectivity index (χ0) is 14.0. The largest absolute Gasteiger partial charge is 0.334 e. The first-order chi connectivity index (χ1) is 9.65. The topological polar surface area (TPSA) is 118 Å². The van der Waals surface area contributed by atoms with Gasteiger partial charge >= 0.3 is 0 Å². The van der Waals surface area contributed by atoms with Crippen LogP contribution in [0.1, 0.15) is 0 Å². The second kappa shape index (κ2) is 4.74. The maximum Gasteiger partial charge on any atom is 0.278 e. The highest BCUT2D eigenvalue weighted by atomic mass is 32.2. The minimum Gasteiger partial charge on any atom is -0.334 e. The van der Waals surface area contributed by atoms with Gasteiger partial charge in [-0.1, -0.05) is 6.07 Å². The second-order valence-electron chi connectivity index (χ2n) is 3.83. The molecule has 0 aliphatic heterocycles. The third-order valence-electron chi connectivity index (χ3n) is 2.47. The van der Waals surface area contributed by atoms with E-state index in [1.807, 2.05) is 0 Å². The van der Waals surface area contributed by atoms with Crippen LogP contribution in [0.25, 0.3) is 5.69 Å². The molecular weight excluding hydrogens is 282 g/mol. The van der Waals surface area contributed by atoms with E-state index in [1.54, 1.807) is 24.3 Å². The van der Waals surface area contributed by atoms with Crippen LogP contribution in [-0.2, 0) is 10.0 Å². The van der Waals surface area contributed by atoms with Gasteiger partial charge in [-0.2, -0.15) is 8.42 Å². The number of H-pyrrole nitrogens is 1. The monoisotopic (exact) mass is 291 g/mol. The average Bonchev–Trinajstić information content (AvgIpc) is 3.12. The van der Waals surface area contributed by atoms with Crippen LogP contribution < -0.4 is 4.72 Å². The molecule has 0 spiro atoms. The molecule has 2 aromatic heterocycles. The van der Waals surface area contributed by atoms with Crippen molar-refractivity contribution >= 4 is 15.7 Å². The third-order valence-corrected chi connectivity index (χ3v) is 3.78. The van der Waals surface area contributed by atoms with Crippen LogP contribution in [0.5, 0.6) is 0 Å². The summed E-state index contributed by atoms with van der Waals surface area (Å²) in [5, 5.41) is 10.8. The summed E-state index contributed by atoms with van der Waals surface area (Å²) in [6.07, 6.45) is 3.95. The number of tetrazole rings is 1. The Morgan fingerprint density at radius 2 is 2.20 bits per heavy atom. The molecule has 20 heavy (non-hydrogen) atoms. The summed E-state index contributed by atoms with van der Waals surface area (Å²) in [7, 11) is -3.68. The number of aromatic nitrogens is 6. The molecule has 10 heteroatoms. The van der Waals surface area contributed by atoms with Crippen LogP contribution in [0, 0.1) is 0 Å². The van der Waals surface area contributed by atoms with Crippen molar-refractivity contribution in [2.75, 3.05) is 4.72 Å². The summed E-state index contributed by atoms with van der Waals surface area (Å²) in [5.74, 6) is 0. The Labute approximate surface area is 113 Å². The number of rotatable bonds is 4. The lowest BCUT2D eigenvalue weighted by Crippen LogP contribution is -2.13. The fourth-order valence-electron chi connectivity index (χ4n) is 1.59. The van der Waals surface area contributed by atoms with E-state index in [2.05, 4.69) is 30.2 Å². The van der Waals surface area contributed by atoms with Gasteiger partial charge in [-0.15, -0.1) is 5.10 Å². The predicted molar refractivity (Wildman–Crippen MR) is 68.6 cm³/mol. The third kappa shape index (κ3) is 2.36. The van der Waals surface area contributed by atoms with E-state index in [0.717, 1.165) is 0 Å². The Hall–Kier alpha value is -2.75. The predicted octanol–water partition coefficient (Wildman–Crippen LogP) is 0.186. The van der Waals surface area contributed by atoms with Crippen LogP contribution in [0.4, 0.5) is 5.69 Å². The van der Waals surface area contributed by atoms with E-state index in [9.17, 15) is 8.42 Å². The van der Waals surface area contributed by atoms with Crippen LogP contribution in [0.3, 0.4) is 0 Å². The molecule has 0 saturated heterocycles. The molecule has 0 saturated carbocycles. The molecule has 3 aromatic rings. The fourth-order valence-corrected chi connectivity index (χ4v) is 2.55. The summed E-state index contributed by atoms with van der Waals surface area (Å²) in [6.45, 7) is 0. The Morgan fingerprint density at radius 3 is 2.90 bits per heavy atom. The summed E-state index contributed by atoms with van der Waals surface area (Å²) >= 11 is 0.